The Kier molecular flexibility index (Phi) is 4.92. The summed E-state index contributed by atoms with van der Waals surface area (Å²) in [5.74, 6) is 0. The summed E-state index contributed by atoms with van der Waals surface area (Å²) in [5, 5.41) is 5.68. The van der Waals surface area contributed by atoms with E-state index in [2.05, 4.69) is 56.7 Å². The number of nitrogens with one attached hydrogen (secondary N) is 1. The normalized spacial score (nSPS) is 12.6. The SMILES string of the molecule is CCNC(Cc1cc(Br)cs1)c1ccnc(C)c1. The van der Waals surface area contributed by atoms with Gasteiger partial charge in [0.15, 0.2) is 0 Å². The Hall–Kier alpha value is -0.710. The van der Waals surface area contributed by atoms with E-state index >= 15 is 0 Å². The Balaban J connectivity index is 2.17. The van der Waals surface area contributed by atoms with Gasteiger partial charge in [0, 0.05) is 39.1 Å². The fraction of sp³-hybridized carbons (Fsp3) is 0.357. The van der Waals surface area contributed by atoms with E-state index in [-0.39, 0.29) is 0 Å². The molecule has 96 valence electrons. The van der Waals surface area contributed by atoms with Crippen LogP contribution in [0.3, 0.4) is 0 Å². The molecule has 2 rings (SSSR count). The van der Waals surface area contributed by atoms with Gasteiger partial charge in [-0.15, -0.1) is 11.3 Å². The molecule has 2 aromatic rings. The number of rotatable bonds is 5. The van der Waals surface area contributed by atoms with Gasteiger partial charge in [0.1, 0.15) is 0 Å². The molecule has 4 heteroatoms. The predicted octanol–water partition coefficient (Wildman–Crippen LogP) is 4.11. The van der Waals surface area contributed by atoms with E-state index < -0.39 is 0 Å². The van der Waals surface area contributed by atoms with Crippen LogP contribution in [0.1, 0.15) is 29.1 Å². The number of likely N-dealkylation sites (N-methyl/N-ethyl adjacent to an activating group) is 1. The van der Waals surface area contributed by atoms with Gasteiger partial charge in [-0.25, -0.2) is 0 Å². The average molecular weight is 325 g/mol. The molecular weight excluding hydrogens is 308 g/mol. The summed E-state index contributed by atoms with van der Waals surface area (Å²) in [7, 11) is 0. The third-order valence-electron chi connectivity index (χ3n) is 2.80. The lowest BCUT2D eigenvalue weighted by atomic mass is 10.0. The van der Waals surface area contributed by atoms with Gasteiger partial charge in [-0.3, -0.25) is 4.98 Å². The van der Waals surface area contributed by atoms with Gasteiger partial charge in [-0.05, 0) is 53.2 Å². The molecular formula is C14H17BrN2S. The van der Waals surface area contributed by atoms with E-state index in [0.29, 0.717) is 6.04 Å². The van der Waals surface area contributed by atoms with Crippen molar-refractivity contribution in [3.63, 3.8) is 0 Å². The zero-order valence-corrected chi connectivity index (χ0v) is 13.0. The molecule has 0 aliphatic heterocycles. The molecule has 0 spiro atoms. The molecule has 0 aromatic carbocycles. The summed E-state index contributed by atoms with van der Waals surface area (Å²) < 4.78 is 1.17. The van der Waals surface area contributed by atoms with Crippen molar-refractivity contribution in [1.29, 1.82) is 0 Å². The highest BCUT2D eigenvalue weighted by molar-refractivity contribution is 9.10. The molecule has 2 aromatic heterocycles. The molecule has 0 fully saturated rings. The second kappa shape index (κ2) is 6.45. The number of nitrogens with zero attached hydrogens (tertiary/aromatic N) is 1. The first-order chi connectivity index (χ1) is 8.69. The van der Waals surface area contributed by atoms with E-state index in [0.717, 1.165) is 18.7 Å². The minimum absolute atomic E-state index is 0.363. The average Bonchev–Trinajstić information content (AvgIpc) is 2.74. The van der Waals surface area contributed by atoms with Crippen molar-refractivity contribution in [2.45, 2.75) is 26.3 Å². The van der Waals surface area contributed by atoms with Crippen LogP contribution in [-0.4, -0.2) is 11.5 Å². The minimum Gasteiger partial charge on any atom is -0.310 e. The molecule has 1 N–H and O–H groups in total. The minimum atomic E-state index is 0.363. The summed E-state index contributed by atoms with van der Waals surface area (Å²) >= 11 is 5.31. The first kappa shape index (κ1) is 13.7. The highest BCUT2D eigenvalue weighted by Crippen LogP contribution is 2.25. The molecule has 1 atom stereocenters. The number of aryl methyl sites for hydroxylation is 1. The van der Waals surface area contributed by atoms with Crippen LogP contribution in [-0.2, 0) is 6.42 Å². The molecule has 2 nitrogen and oxygen atoms in total. The predicted molar refractivity (Wildman–Crippen MR) is 81.1 cm³/mol. The van der Waals surface area contributed by atoms with Crippen molar-refractivity contribution in [3.8, 4) is 0 Å². The molecule has 0 saturated carbocycles. The number of aromatic nitrogens is 1. The standard InChI is InChI=1S/C14H17BrN2S/c1-3-16-14(8-13-7-12(15)9-18-13)11-4-5-17-10(2)6-11/h4-7,9,14,16H,3,8H2,1-2H3. The lowest BCUT2D eigenvalue weighted by Crippen LogP contribution is -2.22. The second-order valence-corrected chi connectivity index (χ2v) is 6.19. The van der Waals surface area contributed by atoms with Gasteiger partial charge in [-0.1, -0.05) is 6.92 Å². The summed E-state index contributed by atoms with van der Waals surface area (Å²) in [5.41, 5.74) is 2.39. The Labute approximate surface area is 121 Å². The van der Waals surface area contributed by atoms with Crippen LogP contribution in [0.5, 0.6) is 0 Å². The van der Waals surface area contributed by atoms with Crippen LogP contribution in [0.15, 0.2) is 34.2 Å². The molecule has 0 aliphatic carbocycles. The number of thiophene rings is 1. The number of halogens is 1. The highest BCUT2D eigenvalue weighted by Gasteiger charge is 2.12. The molecule has 1 unspecified atom stereocenters. The van der Waals surface area contributed by atoms with Gasteiger partial charge in [0.05, 0.1) is 0 Å². The van der Waals surface area contributed by atoms with Gasteiger partial charge in [-0.2, -0.15) is 0 Å². The Bertz CT molecular complexity index is 510. The van der Waals surface area contributed by atoms with Crippen molar-refractivity contribution < 1.29 is 0 Å². The lowest BCUT2D eigenvalue weighted by molar-refractivity contribution is 0.552. The van der Waals surface area contributed by atoms with Gasteiger partial charge < -0.3 is 5.32 Å². The van der Waals surface area contributed by atoms with E-state index in [9.17, 15) is 0 Å². The molecule has 18 heavy (non-hydrogen) atoms. The first-order valence-corrected chi connectivity index (χ1v) is 7.75. The fourth-order valence-electron chi connectivity index (χ4n) is 2.00. The monoisotopic (exact) mass is 324 g/mol. The molecule has 0 aliphatic rings. The molecule has 2 heterocycles. The van der Waals surface area contributed by atoms with Crippen molar-refractivity contribution in [1.82, 2.24) is 10.3 Å². The van der Waals surface area contributed by atoms with Crippen molar-refractivity contribution in [2.75, 3.05) is 6.54 Å². The van der Waals surface area contributed by atoms with Crippen LogP contribution < -0.4 is 5.32 Å². The zero-order valence-electron chi connectivity index (χ0n) is 10.6. The van der Waals surface area contributed by atoms with Crippen LogP contribution >= 0.6 is 27.3 Å². The number of hydrogen-bond donors (Lipinski definition) is 1. The van der Waals surface area contributed by atoms with Gasteiger partial charge in [0.25, 0.3) is 0 Å². The summed E-state index contributed by atoms with van der Waals surface area (Å²) in [6.45, 7) is 5.15. The fourth-order valence-corrected chi connectivity index (χ4v) is 3.50. The maximum Gasteiger partial charge on any atom is 0.0375 e. The highest BCUT2D eigenvalue weighted by atomic mass is 79.9. The Morgan fingerprint density at radius 1 is 1.44 bits per heavy atom. The summed E-state index contributed by atoms with van der Waals surface area (Å²) in [6.07, 6.45) is 2.91. The topological polar surface area (TPSA) is 24.9 Å². The third kappa shape index (κ3) is 3.64. The maximum atomic E-state index is 4.26. The smallest absolute Gasteiger partial charge is 0.0375 e. The number of hydrogen-bond acceptors (Lipinski definition) is 3. The zero-order chi connectivity index (χ0) is 13.0. The van der Waals surface area contributed by atoms with Crippen molar-refractivity contribution >= 4 is 27.3 Å². The van der Waals surface area contributed by atoms with E-state index in [1.54, 1.807) is 11.3 Å². The van der Waals surface area contributed by atoms with Gasteiger partial charge >= 0.3 is 0 Å². The quantitative estimate of drug-likeness (QED) is 0.895. The van der Waals surface area contributed by atoms with Crippen LogP contribution in [0.25, 0.3) is 0 Å². The molecule has 0 amide bonds. The molecule has 0 saturated heterocycles. The van der Waals surface area contributed by atoms with Crippen molar-refractivity contribution in [2.24, 2.45) is 0 Å². The van der Waals surface area contributed by atoms with Crippen molar-refractivity contribution in [3.05, 3.63) is 50.4 Å². The lowest BCUT2D eigenvalue weighted by Gasteiger charge is -2.17. The summed E-state index contributed by atoms with van der Waals surface area (Å²) in [4.78, 5) is 5.65. The van der Waals surface area contributed by atoms with Crippen LogP contribution in [0.2, 0.25) is 0 Å². The third-order valence-corrected chi connectivity index (χ3v) is 4.52. The Morgan fingerprint density at radius 2 is 2.28 bits per heavy atom. The van der Waals surface area contributed by atoms with E-state index in [4.69, 9.17) is 0 Å². The maximum absolute atomic E-state index is 4.26. The van der Waals surface area contributed by atoms with E-state index in [1.165, 1.54) is 14.9 Å². The van der Waals surface area contributed by atoms with Crippen LogP contribution in [0.4, 0.5) is 0 Å². The second-order valence-electron chi connectivity index (χ2n) is 4.28. The van der Waals surface area contributed by atoms with E-state index in [1.807, 2.05) is 13.1 Å². The number of pyridine rings is 1. The Morgan fingerprint density at radius 3 is 2.89 bits per heavy atom. The molecule has 0 radical (unpaired) electrons. The summed E-state index contributed by atoms with van der Waals surface area (Å²) in [6, 6.07) is 6.82. The first-order valence-electron chi connectivity index (χ1n) is 6.08. The molecule has 0 bridgehead atoms. The largest absolute Gasteiger partial charge is 0.310 e. The van der Waals surface area contributed by atoms with Gasteiger partial charge in [0.2, 0.25) is 0 Å². The van der Waals surface area contributed by atoms with Crippen LogP contribution in [0, 0.1) is 6.92 Å².